The van der Waals surface area contributed by atoms with Gasteiger partial charge in [0.05, 0.1) is 0 Å². The SMILES string of the molecule is Cc1cc(O)ccc1-c1c(C)ccc(O)c1C. The van der Waals surface area contributed by atoms with Gasteiger partial charge in [-0.25, -0.2) is 0 Å². The lowest BCUT2D eigenvalue weighted by molar-refractivity contribution is 0.471. The predicted octanol–water partition coefficient (Wildman–Crippen LogP) is 3.69. The first-order valence-corrected chi connectivity index (χ1v) is 5.60. The van der Waals surface area contributed by atoms with E-state index < -0.39 is 0 Å². The van der Waals surface area contributed by atoms with Crippen LogP contribution in [0.15, 0.2) is 30.3 Å². The van der Waals surface area contributed by atoms with Crippen molar-refractivity contribution in [3.63, 3.8) is 0 Å². The Hall–Kier alpha value is -1.96. The predicted molar refractivity (Wildman–Crippen MR) is 69.4 cm³/mol. The minimum atomic E-state index is 0.265. The van der Waals surface area contributed by atoms with Crippen LogP contribution in [0.25, 0.3) is 11.1 Å². The second-order valence-corrected chi connectivity index (χ2v) is 4.40. The zero-order valence-corrected chi connectivity index (χ0v) is 10.3. The number of hydrogen-bond donors (Lipinski definition) is 2. The molecule has 0 spiro atoms. The molecule has 88 valence electrons. The summed E-state index contributed by atoms with van der Waals surface area (Å²) in [5.41, 5.74) is 5.09. The van der Waals surface area contributed by atoms with Crippen molar-refractivity contribution in [3.8, 4) is 22.6 Å². The van der Waals surface area contributed by atoms with Crippen LogP contribution in [0.1, 0.15) is 16.7 Å². The molecule has 0 fully saturated rings. The quantitative estimate of drug-likeness (QED) is 0.781. The molecule has 0 amide bonds. The topological polar surface area (TPSA) is 40.5 Å². The van der Waals surface area contributed by atoms with Crippen LogP contribution in [0.2, 0.25) is 0 Å². The molecule has 0 aliphatic carbocycles. The number of aryl methyl sites for hydroxylation is 2. The molecule has 2 rings (SSSR count). The van der Waals surface area contributed by atoms with E-state index in [1.807, 2.05) is 32.9 Å². The van der Waals surface area contributed by atoms with Crippen molar-refractivity contribution < 1.29 is 10.2 Å². The summed E-state index contributed by atoms with van der Waals surface area (Å²) in [5, 5.41) is 19.2. The van der Waals surface area contributed by atoms with Crippen LogP contribution in [-0.4, -0.2) is 10.2 Å². The highest BCUT2D eigenvalue weighted by Gasteiger charge is 2.11. The molecule has 17 heavy (non-hydrogen) atoms. The molecule has 0 aromatic heterocycles. The standard InChI is InChI=1S/C15H16O2/c1-9-4-7-14(17)11(3)15(9)13-6-5-12(16)8-10(13)2/h4-8,16-17H,1-3H3. The van der Waals surface area contributed by atoms with E-state index in [1.165, 1.54) is 0 Å². The second-order valence-electron chi connectivity index (χ2n) is 4.40. The second kappa shape index (κ2) is 4.13. The molecule has 0 aliphatic rings. The normalized spacial score (nSPS) is 10.5. The third kappa shape index (κ3) is 1.98. The summed E-state index contributed by atoms with van der Waals surface area (Å²) >= 11 is 0. The number of benzene rings is 2. The van der Waals surface area contributed by atoms with E-state index >= 15 is 0 Å². The highest BCUT2D eigenvalue weighted by Crippen LogP contribution is 2.35. The van der Waals surface area contributed by atoms with Crippen molar-refractivity contribution in [1.82, 2.24) is 0 Å². The molecule has 0 radical (unpaired) electrons. The molecule has 0 saturated carbocycles. The van der Waals surface area contributed by atoms with Gasteiger partial charge in [-0.3, -0.25) is 0 Å². The Bertz CT molecular complexity index is 571. The van der Waals surface area contributed by atoms with Crippen molar-refractivity contribution >= 4 is 0 Å². The lowest BCUT2D eigenvalue weighted by Crippen LogP contribution is -1.91. The molecule has 2 heteroatoms. The smallest absolute Gasteiger partial charge is 0.119 e. The van der Waals surface area contributed by atoms with Gasteiger partial charge in [-0.1, -0.05) is 12.1 Å². The van der Waals surface area contributed by atoms with E-state index in [0.29, 0.717) is 5.75 Å². The van der Waals surface area contributed by atoms with Crippen molar-refractivity contribution in [2.75, 3.05) is 0 Å². The molecule has 0 bridgehead atoms. The van der Waals surface area contributed by atoms with Gasteiger partial charge in [0.2, 0.25) is 0 Å². The van der Waals surface area contributed by atoms with E-state index in [2.05, 4.69) is 0 Å². The Kier molecular flexibility index (Phi) is 2.80. The van der Waals surface area contributed by atoms with Crippen LogP contribution < -0.4 is 0 Å². The molecule has 0 saturated heterocycles. The third-order valence-electron chi connectivity index (χ3n) is 3.12. The molecule has 0 atom stereocenters. The van der Waals surface area contributed by atoms with Crippen LogP contribution in [0.5, 0.6) is 11.5 Å². The maximum absolute atomic E-state index is 9.78. The van der Waals surface area contributed by atoms with Gasteiger partial charge in [-0.15, -0.1) is 0 Å². The molecular formula is C15H16O2. The van der Waals surface area contributed by atoms with Gasteiger partial charge in [0.25, 0.3) is 0 Å². The first-order chi connectivity index (χ1) is 8.00. The highest BCUT2D eigenvalue weighted by atomic mass is 16.3. The Morgan fingerprint density at radius 3 is 2.18 bits per heavy atom. The Morgan fingerprint density at radius 1 is 0.824 bits per heavy atom. The minimum Gasteiger partial charge on any atom is -0.508 e. The summed E-state index contributed by atoms with van der Waals surface area (Å²) in [7, 11) is 0. The third-order valence-corrected chi connectivity index (χ3v) is 3.12. The summed E-state index contributed by atoms with van der Waals surface area (Å²) in [6.45, 7) is 5.88. The first kappa shape index (κ1) is 11.5. The van der Waals surface area contributed by atoms with Gasteiger partial charge in [0, 0.05) is 0 Å². The number of phenolic OH excluding ortho intramolecular Hbond substituents is 2. The molecular weight excluding hydrogens is 212 g/mol. The molecule has 0 unspecified atom stereocenters. The summed E-state index contributed by atoms with van der Waals surface area (Å²) < 4.78 is 0. The summed E-state index contributed by atoms with van der Waals surface area (Å²) in [4.78, 5) is 0. The minimum absolute atomic E-state index is 0.265. The summed E-state index contributed by atoms with van der Waals surface area (Å²) in [6, 6.07) is 8.91. The maximum atomic E-state index is 9.78. The van der Waals surface area contributed by atoms with Crippen LogP contribution >= 0.6 is 0 Å². The number of rotatable bonds is 1. The van der Waals surface area contributed by atoms with Gasteiger partial charge in [0.15, 0.2) is 0 Å². The fourth-order valence-corrected chi connectivity index (χ4v) is 2.18. The van der Waals surface area contributed by atoms with E-state index in [-0.39, 0.29) is 5.75 Å². The lowest BCUT2D eigenvalue weighted by atomic mass is 9.92. The molecule has 2 N–H and O–H groups in total. The fourth-order valence-electron chi connectivity index (χ4n) is 2.18. The number of hydrogen-bond acceptors (Lipinski definition) is 2. The van der Waals surface area contributed by atoms with Crippen molar-refractivity contribution in [1.29, 1.82) is 0 Å². The Morgan fingerprint density at radius 2 is 1.53 bits per heavy atom. The monoisotopic (exact) mass is 228 g/mol. The van der Waals surface area contributed by atoms with Crippen LogP contribution in [0.4, 0.5) is 0 Å². The van der Waals surface area contributed by atoms with Crippen LogP contribution in [0.3, 0.4) is 0 Å². The fraction of sp³-hybridized carbons (Fsp3) is 0.200. The first-order valence-electron chi connectivity index (χ1n) is 5.60. The Balaban J connectivity index is 2.72. The molecule has 2 aromatic rings. The molecule has 2 nitrogen and oxygen atoms in total. The molecule has 0 aliphatic heterocycles. The maximum Gasteiger partial charge on any atom is 0.119 e. The van der Waals surface area contributed by atoms with Crippen molar-refractivity contribution in [2.24, 2.45) is 0 Å². The number of aromatic hydroxyl groups is 2. The summed E-state index contributed by atoms with van der Waals surface area (Å²) in [6.07, 6.45) is 0. The average molecular weight is 228 g/mol. The van der Waals surface area contributed by atoms with Crippen molar-refractivity contribution in [2.45, 2.75) is 20.8 Å². The van der Waals surface area contributed by atoms with Crippen LogP contribution in [0, 0.1) is 20.8 Å². The average Bonchev–Trinajstić information content (AvgIpc) is 2.27. The molecule has 0 heterocycles. The van der Waals surface area contributed by atoms with Crippen molar-refractivity contribution in [3.05, 3.63) is 47.0 Å². The lowest BCUT2D eigenvalue weighted by Gasteiger charge is -2.14. The Labute approximate surface area is 101 Å². The van der Waals surface area contributed by atoms with Gasteiger partial charge in [0.1, 0.15) is 11.5 Å². The van der Waals surface area contributed by atoms with Gasteiger partial charge in [-0.05, 0) is 66.8 Å². The highest BCUT2D eigenvalue weighted by molar-refractivity contribution is 5.76. The largest absolute Gasteiger partial charge is 0.508 e. The zero-order valence-electron chi connectivity index (χ0n) is 10.3. The number of phenols is 2. The summed E-state index contributed by atoms with van der Waals surface area (Å²) in [5.74, 6) is 0.569. The van der Waals surface area contributed by atoms with E-state index in [0.717, 1.165) is 27.8 Å². The van der Waals surface area contributed by atoms with E-state index in [1.54, 1.807) is 18.2 Å². The molecule has 2 aromatic carbocycles. The van der Waals surface area contributed by atoms with Gasteiger partial charge < -0.3 is 10.2 Å². The van der Waals surface area contributed by atoms with Gasteiger partial charge in [-0.2, -0.15) is 0 Å². The van der Waals surface area contributed by atoms with E-state index in [9.17, 15) is 10.2 Å². The van der Waals surface area contributed by atoms with Crippen LogP contribution in [-0.2, 0) is 0 Å². The van der Waals surface area contributed by atoms with E-state index in [4.69, 9.17) is 0 Å². The zero-order chi connectivity index (χ0) is 12.6. The van der Waals surface area contributed by atoms with Gasteiger partial charge >= 0.3 is 0 Å².